The Hall–Kier alpha value is -3.69. The summed E-state index contributed by atoms with van der Waals surface area (Å²) in [5.74, 6) is 0.983. The van der Waals surface area contributed by atoms with Crippen LogP contribution in [0.5, 0.6) is 11.6 Å². The largest absolute Gasteiger partial charge is 0.467 e. The monoisotopic (exact) mass is 489 g/mol. The van der Waals surface area contributed by atoms with Gasteiger partial charge in [0.05, 0.1) is 17.7 Å². The van der Waals surface area contributed by atoms with E-state index >= 15 is 0 Å². The number of pyridine rings is 1. The molecule has 34 heavy (non-hydrogen) atoms. The average molecular weight is 490 g/mol. The number of benzene rings is 1. The lowest BCUT2D eigenvalue weighted by Gasteiger charge is -2.12. The van der Waals surface area contributed by atoms with Crippen LogP contribution in [0, 0.1) is 13.8 Å². The van der Waals surface area contributed by atoms with E-state index in [0.29, 0.717) is 26.4 Å². The van der Waals surface area contributed by atoms with Crippen LogP contribution in [0.2, 0.25) is 0 Å². The fourth-order valence-electron chi connectivity index (χ4n) is 3.61. The molecule has 3 aromatic heterocycles. The van der Waals surface area contributed by atoms with Crippen LogP contribution in [0.15, 0.2) is 75.1 Å². The van der Waals surface area contributed by atoms with E-state index < -0.39 is 0 Å². The molecule has 1 aliphatic rings. The Morgan fingerprint density at radius 2 is 2.00 bits per heavy atom. The van der Waals surface area contributed by atoms with E-state index in [1.807, 2.05) is 38.1 Å². The summed E-state index contributed by atoms with van der Waals surface area (Å²) in [5.41, 5.74) is 2.14. The number of aromatic nitrogens is 2. The number of thiocarbonyl (C=S) groups is 1. The Balaban J connectivity index is 1.61. The fourth-order valence-corrected chi connectivity index (χ4v) is 4.85. The molecule has 1 aliphatic heterocycles. The molecule has 0 saturated carbocycles. The zero-order valence-electron chi connectivity index (χ0n) is 18.3. The van der Waals surface area contributed by atoms with Crippen molar-refractivity contribution in [2.75, 3.05) is 0 Å². The van der Waals surface area contributed by atoms with Gasteiger partial charge in [-0.3, -0.25) is 18.9 Å². The minimum atomic E-state index is -0.340. The third-order valence-electron chi connectivity index (χ3n) is 5.30. The molecule has 1 saturated heterocycles. The maximum absolute atomic E-state index is 13.5. The number of aryl methyl sites for hydroxylation is 2. The highest BCUT2D eigenvalue weighted by atomic mass is 32.2. The minimum absolute atomic E-state index is 0.126. The molecule has 1 amide bonds. The third-order valence-corrected chi connectivity index (χ3v) is 6.67. The Morgan fingerprint density at radius 3 is 2.76 bits per heavy atom. The van der Waals surface area contributed by atoms with Crippen molar-refractivity contribution < 1.29 is 13.9 Å². The molecule has 0 N–H and O–H groups in total. The van der Waals surface area contributed by atoms with E-state index in [1.54, 1.807) is 36.7 Å². The van der Waals surface area contributed by atoms with Gasteiger partial charge >= 0.3 is 0 Å². The Bertz CT molecular complexity index is 1520. The van der Waals surface area contributed by atoms with Crippen molar-refractivity contribution >= 4 is 45.9 Å². The summed E-state index contributed by atoms with van der Waals surface area (Å²) in [6.07, 6.45) is 4.70. The number of carbonyl (C=O) groups excluding carboxylic acids is 1. The van der Waals surface area contributed by atoms with Gasteiger partial charge in [-0.2, -0.15) is 4.98 Å². The van der Waals surface area contributed by atoms with Crippen LogP contribution in [-0.2, 0) is 11.3 Å². The molecule has 9 heteroatoms. The van der Waals surface area contributed by atoms with E-state index in [0.717, 1.165) is 22.9 Å². The van der Waals surface area contributed by atoms with Crippen molar-refractivity contribution in [3.63, 3.8) is 0 Å². The molecule has 0 radical (unpaired) electrons. The second-order valence-electron chi connectivity index (χ2n) is 7.79. The number of furan rings is 1. The molecule has 5 rings (SSSR count). The number of nitrogens with zero attached hydrogens (tertiary/aromatic N) is 3. The van der Waals surface area contributed by atoms with Gasteiger partial charge in [0.2, 0.25) is 5.88 Å². The summed E-state index contributed by atoms with van der Waals surface area (Å²) < 4.78 is 13.3. The molecule has 0 spiro atoms. The first-order valence-corrected chi connectivity index (χ1v) is 11.7. The van der Waals surface area contributed by atoms with Gasteiger partial charge in [0.1, 0.15) is 27.0 Å². The Labute approximate surface area is 204 Å². The summed E-state index contributed by atoms with van der Waals surface area (Å²) in [6, 6.07) is 14.6. The van der Waals surface area contributed by atoms with Crippen molar-refractivity contribution in [1.29, 1.82) is 0 Å². The summed E-state index contributed by atoms with van der Waals surface area (Å²) in [7, 11) is 0. The molecule has 1 fully saturated rings. The van der Waals surface area contributed by atoms with E-state index in [2.05, 4.69) is 4.98 Å². The number of hydrogen-bond acceptors (Lipinski definition) is 7. The molecular weight excluding hydrogens is 470 g/mol. The highest BCUT2D eigenvalue weighted by Gasteiger charge is 2.33. The maximum atomic E-state index is 13.5. The minimum Gasteiger partial charge on any atom is -0.467 e. The van der Waals surface area contributed by atoms with E-state index in [9.17, 15) is 9.59 Å². The highest BCUT2D eigenvalue weighted by Crippen LogP contribution is 2.35. The number of ether oxygens (including phenoxy) is 1. The number of rotatable bonds is 5. The topological polar surface area (TPSA) is 77.1 Å². The Morgan fingerprint density at radius 1 is 1.15 bits per heavy atom. The lowest BCUT2D eigenvalue weighted by molar-refractivity contribution is -0.122. The molecule has 4 heterocycles. The lowest BCUT2D eigenvalue weighted by atomic mass is 10.2. The third kappa shape index (κ3) is 4.15. The van der Waals surface area contributed by atoms with E-state index in [-0.39, 0.29) is 29.5 Å². The molecule has 0 unspecified atom stereocenters. The SMILES string of the molecule is Cc1cccc(Oc2nc3c(C)cccn3c(=O)c2/C=C2/SC(=S)N(Cc3ccco3)C2=O)c1. The van der Waals surface area contributed by atoms with Crippen molar-refractivity contribution in [1.82, 2.24) is 14.3 Å². The molecule has 170 valence electrons. The molecule has 4 aromatic rings. The van der Waals surface area contributed by atoms with Gasteiger partial charge in [-0.1, -0.05) is 42.2 Å². The van der Waals surface area contributed by atoms with Gasteiger partial charge in [-0.15, -0.1) is 0 Å². The van der Waals surface area contributed by atoms with Crippen LogP contribution in [0.1, 0.15) is 22.5 Å². The van der Waals surface area contributed by atoms with Crippen LogP contribution in [0.4, 0.5) is 0 Å². The zero-order valence-corrected chi connectivity index (χ0v) is 20.0. The number of thioether (sulfide) groups is 1. The van der Waals surface area contributed by atoms with Gasteiger partial charge in [0, 0.05) is 6.20 Å². The summed E-state index contributed by atoms with van der Waals surface area (Å²) in [4.78, 5) is 33.0. The normalized spacial score (nSPS) is 15.0. The fraction of sp³-hybridized carbons (Fsp3) is 0.120. The first-order valence-electron chi connectivity index (χ1n) is 10.4. The average Bonchev–Trinajstić information content (AvgIpc) is 3.41. The highest BCUT2D eigenvalue weighted by molar-refractivity contribution is 8.26. The molecule has 0 aliphatic carbocycles. The van der Waals surface area contributed by atoms with Crippen molar-refractivity contribution in [2.45, 2.75) is 20.4 Å². The van der Waals surface area contributed by atoms with Crippen molar-refractivity contribution in [3.05, 3.63) is 98.7 Å². The molecule has 7 nitrogen and oxygen atoms in total. The van der Waals surface area contributed by atoms with Crippen LogP contribution < -0.4 is 10.3 Å². The predicted molar refractivity (Wildman–Crippen MR) is 135 cm³/mol. The quantitative estimate of drug-likeness (QED) is 0.285. The zero-order chi connectivity index (χ0) is 23.8. The molecular formula is C25H19N3O4S2. The number of carbonyl (C=O) groups is 1. The van der Waals surface area contributed by atoms with Gasteiger partial charge in [0.25, 0.3) is 11.5 Å². The predicted octanol–water partition coefficient (Wildman–Crippen LogP) is 5.10. The summed E-state index contributed by atoms with van der Waals surface area (Å²) in [6.45, 7) is 4.04. The lowest BCUT2D eigenvalue weighted by Crippen LogP contribution is -2.27. The number of fused-ring (bicyclic) bond motifs is 1. The van der Waals surface area contributed by atoms with E-state index in [1.165, 1.54) is 15.4 Å². The van der Waals surface area contributed by atoms with E-state index in [4.69, 9.17) is 21.4 Å². The standard InChI is InChI=1S/C25H19N3O4S2/c1-15-6-3-8-17(12-15)32-22-19(23(29)27-10-4-7-16(2)21(27)26-22)13-20-24(30)28(25(33)34-20)14-18-9-5-11-31-18/h3-13H,14H2,1-2H3/b20-13+. The van der Waals surface area contributed by atoms with Gasteiger partial charge in [-0.25, -0.2) is 0 Å². The molecule has 0 atom stereocenters. The molecule has 1 aromatic carbocycles. The van der Waals surface area contributed by atoms with Crippen molar-refractivity contribution in [3.8, 4) is 11.6 Å². The van der Waals surface area contributed by atoms with Gasteiger partial charge in [0.15, 0.2) is 0 Å². The summed E-state index contributed by atoms with van der Waals surface area (Å²) >= 11 is 6.55. The first kappa shape index (κ1) is 22.1. The van der Waals surface area contributed by atoms with Crippen LogP contribution in [0.25, 0.3) is 11.7 Å². The van der Waals surface area contributed by atoms with Crippen LogP contribution >= 0.6 is 24.0 Å². The second-order valence-corrected chi connectivity index (χ2v) is 9.46. The van der Waals surface area contributed by atoms with Crippen LogP contribution in [0.3, 0.4) is 0 Å². The van der Waals surface area contributed by atoms with Crippen LogP contribution in [-0.4, -0.2) is 24.5 Å². The van der Waals surface area contributed by atoms with Gasteiger partial charge < -0.3 is 9.15 Å². The Kier molecular flexibility index (Phi) is 5.80. The van der Waals surface area contributed by atoms with Gasteiger partial charge in [-0.05, 0) is 61.4 Å². The smallest absolute Gasteiger partial charge is 0.269 e. The molecule has 0 bridgehead atoms. The number of amides is 1. The number of hydrogen-bond donors (Lipinski definition) is 0. The summed E-state index contributed by atoms with van der Waals surface area (Å²) in [5, 5.41) is 0. The first-order chi connectivity index (χ1) is 16.4. The van der Waals surface area contributed by atoms with Crippen molar-refractivity contribution in [2.24, 2.45) is 0 Å². The maximum Gasteiger partial charge on any atom is 0.269 e. The second kappa shape index (κ2) is 8.92.